The van der Waals surface area contributed by atoms with Gasteiger partial charge in [-0.05, 0) is 16.8 Å². The molecule has 1 rings (SSSR count). The maximum Gasteiger partial charge on any atom is 0.174 e. The molecule has 14 heavy (non-hydrogen) atoms. The summed E-state index contributed by atoms with van der Waals surface area (Å²) in [6.07, 6.45) is 1.50. The number of nitriles is 2. The zero-order valence-electron chi connectivity index (χ0n) is 7.14. The number of aliphatic imine (C=N–C) groups is 1. The maximum atomic E-state index is 8.61. The van der Waals surface area contributed by atoms with Gasteiger partial charge in [0.25, 0.3) is 0 Å². The predicted molar refractivity (Wildman–Crippen MR) is 54.4 cm³/mol. The van der Waals surface area contributed by atoms with Crippen molar-refractivity contribution in [2.24, 2.45) is 10.7 Å². The highest BCUT2D eigenvalue weighted by molar-refractivity contribution is 7.08. The average molecular weight is 202 g/mol. The molecule has 0 aliphatic rings. The van der Waals surface area contributed by atoms with Crippen LogP contribution in [-0.4, -0.2) is 6.21 Å². The van der Waals surface area contributed by atoms with Crippen LogP contribution in [0.2, 0.25) is 0 Å². The normalized spacial score (nSPS) is 11.9. The first-order valence-corrected chi connectivity index (χ1v) is 4.58. The second-order valence-corrected chi connectivity index (χ2v) is 3.08. The van der Waals surface area contributed by atoms with Crippen molar-refractivity contribution in [3.8, 4) is 12.1 Å². The molecule has 1 heterocycles. The van der Waals surface area contributed by atoms with Crippen LogP contribution in [0.4, 0.5) is 0 Å². The van der Waals surface area contributed by atoms with Crippen LogP contribution in [0, 0.1) is 22.7 Å². The molecule has 0 spiro atoms. The Kier molecular flexibility index (Phi) is 3.42. The van der Waals surface area contributed by atoms with Gasteiger partial charge in [-0.1, -0.05) is 0 Å². The fourth-order valence-corrected chi connectivity index (χ4v) is 1.31. The molecule has 0 fully saturated rings. The summed E-state index contributed by atoms with van der Waals surface area (Å²) in [6.45, 7) is 0. The topological polar surface area (TPSA) is 86.0 Å². The van der Waals surface area contributed by atoms with Crippen LogP contribution < -0.4 is 5.73 Å². The largest absolute Gasteiger partial charge is 0.388 e. The van der Waals surface area contributed by atoms with Crippen molar-refractivity contribution in [3.05, 3.63) is 33.8 Å². The molecule has 0 unspecified atom stereocenters. The lowest BCUT2D eigenvalue weighted by atomic mass is 10.3. The third kappa shape index (κ3) is 2.44. The van der Waals surface area contributed by atoms with E-state index in [1.54, 1.807) is 12.1 Å². The molecule has 5 heteroatoms. The Morgan fingerprint density at radius 3 is 2.79 bits per heavy atom. The molecule has 0 aliphatic heterocycles. The van der Waals surface area contributed by atoms with Gasteiger partial charge in [-0.15, -0.1) is 0 Å². The summed E-state index contributed by atoms with van der Waals surface area (Å²) in [5.74, 6) is 0. The molecule has 0 aromatic carbocycles. The van der Waals surface area contributed by atoms with Gasteiger partial charge in [0.1, 0.15) is 17.8 Å². The molecule has 0 amide bonds. The Balaban J connectivity index is 2.89. The molecule has 0 radical (unpaired) electrons. The molecule has 0 saturated carbocycles. The summed E-state index contributed by atoms with van der Waals surface area (Å²) < 4.78 is 0. The second-order valence-electron chi connectivity index (χ2n) is 2.30. The van der Waals surface area contributed by atoms with E-state index < -0.39 is 0 Å². The first kappa shape index (κ1) is 9.97. The van der Waals surface area contributed by atoms with Gasteiger partial charge in [-0.2, -0.15) is 21.9 Å². The summed E-state index contributed by atoms with van der Waals surface area (Å²) in [4.78, 5) is 3.81. The Morgan fingerprint density at radius 1 is 1.50 bits per heavy atom. The van der Waals surface area contributed by atoms with Gasteiger partial charge in [0, 0.05) is 11.8 Å². The summed E-state index contributed by atoms with van der Waals surface area (Å²) in [6, 6.07) is 5.28. The SMILES string of the molecule is N#CC(N)=C(C#N)N=Cc1ccsc1. The van der Waals surface area contributed by atoms with Crippen molar-refractivity contribution in [1.82, 2.24) is 0 Å². The van der Waals surface area contributed by atoms with Gasteiger partial charge in [0.05, 0.1) is 0 Å². The van der Waals surface area contributed by atoms with Gasteiger partial charge in [-0.25, -0.2) is 4.99 Å². The van der Waals surface area contributed by atoms with E-state index in [0.717, 1.165) is 5.56 Å². The Morgan fingerprint density at radius 2 is 2.29 bits per heavy atom. The van der Waals surface area contributed by atoms with E-state index in [1.807, 2.05) is 16.8 Å². The number of rotatable bonds is 2. The minimum absolute atomic E-state index is 0.0568. The van der Waals surface area contributed by atoms with E-state index in [1.165, 1.54) is 17.6 Å². The van der Waals surface area contributed by atoms with Crippen LogP contribution in [0.1, 0.15) is 5.56 Å². The number of thiophene rings is 1. The third-order valence-corrected chi connectivity index (χ3v) is 2.07. The standard InChI is InChI=1S/C9H6N4S/c10-3-8(12)9(4-11)13-5-7-1-2-14-6-7/h1-2,5-6H,12H2. The van der Waals surface area contributed by atoms with E-state index in [-0.39, 0.29) is 11.4 Å². The van der Waals surface area contributed by atoms with E-state index in [9.17, 15) is 0 Å². The minimum Gasteiger partial charge on any atom is -0.388 e. The third-order valence-electron chi connectivity index (χ3n) is 1.37. The molecule has 68 valence electrons. The number of nitrogens with two attached hydrogens (primary N) is 1. The molecular weight excluding hydrogens is 196 g/mol. The first-order chi connectivity index (χ1) is 6.77. The Bertz CT molecular complexity index is 442. The highest BCUT2D eigenvalue weighted by atomic mass is 32.1. The van der Waals surface area contributed by atoms with Gasteiger partial charge < -0.3 is 5.73 Å². The predicted octanol–water partition coefficient (Wildman–Crippen LogP) is 1.38. The molecular formula is C9H6N4S. The van der Waals surface area contributed by atoms with Crippen LogP contribution in [-0.2, 0) is 0 Å². The van der Waals surface area contributed by atoms with Crippen LogP contribution >= 0.6 is 11.3 Å². The fourth-order valence-electron chi connectivity index (χ4n) is 0.699. The van der Waals surface area contributed by atoms with E-state index in [0.29, 0.717) is 0 Å². The average Bonchev–Trinajstić information content (AvgIpc) is 2.71. The van der Waals surface area contributed by atoms with Crippen LogP contribution in [0.3, 0.4) is 0 Å². The molecule has 1 aromatic rings. The fraction of sp³-hybridized carbons (Fsp3) is 0. The quantitative estimate of drug-likeness (QED) is 0.580. The number of allylic oxidation sites excluding steroid dienone is 2. The smallest absolute Gasteiger partial charge is 0.174 e. The highest BCUT2D eigenvalue weighted by Crippen LogP contribution is 2.04. The summed E-state index contributed by atoms with van der Waals surface area (Å²) in [7, 11) is 0. The van der Waals surface area contributed by atoms with E-state index >= 15 is 0 Å². The lowest BCUT2D eigenvalue weighted by Crippen LogP contribution is -1.97. The van der Waals surface area contributed by atoms with Crippen molar-refractivity contribution in [1.29, 1.82) is 10.5 Å². The van der Waals surface area contributed by atoms with E-state index in [4.69, 9.17) is 16.3 Å². The zero-order valence-corrected chi connectivity index (χ0v) is 7.95. The lowest BCUT2D eigenvalue weighted by molar-refractivity contribution is 1.27. The molecule has 0 saturated heterocycles. The molecule has 0 bridgehead atoms. The second kappa shape index (κ2) is 4.80. The summed E-state index contributed by atoms with van der Waals surface area (Å²) >= 11 is 1.53. The zero-order chi connectivity index (χ0) is 10.4. The van der Waals surface area contributed by atoms with Gasteiger partial charge in [0.2, 0.25) is 0 Å². The Hall–Kier alpha value is -2.11. The molecule has 0 aliphatic carbocycles. The molecule has 2 N–H and O–H groups in total. The van der Waals surface area contributed by atoms with Crippen molar-refractivity contribution in [2.75, 3.05) is 0 Å². The van der Waals surface area contributed by atoms with Crippen LogP contribution in [0.5, 0.6) is 0 Å². The maximum absolute atomic E-state index is 8.61. The van der Waals surface area contributed by atoms with Crippen molar-refractivity contribution in [2.45, 2.75) is 0 Å². The highest BCUT2D eigenvalue weighted by Gasteiger charge is 1.98. The van der Waals surface area contributed by atoms with Gasteiger partial charge in [-0.3, -0.25) is 0 Å². The van der Waals surface area contributed by atoms with Crippen molar-refractivity contribution in [3.63, 3.8) is 0 Å². The monoisotopic (exact) mass is 202 g/mol. The molecule has 1 aromatic heterocycles. The molecule has 0 atom stereocenters. The minimum atomic E-state index is -0.168. The lowest BCUT2D eigenvalue weighted by Gasteiger charge is -1.88. The summed E-state index contributed by atoms with van der Waals surface area (Å²) in [5, 5.41) is 20.8. The van der Waals surface area contributed by atoms with Crippen molar-refractivity contribution >= 4 is 17.6 Å². The van der Waals surface area contributed by atoms with Crippen molar-refractivity contribution < 1.29 is 0 Å². The number of hydrogen-bond donors (Lipinski definition) is 1. The Labute approximate surface area is 85.2 Å². The van der Waals surface area contributed by atoms with Gasteiger partial charge >= 0.3 is 0 Å². The number of nitrogens with zero attached hydrogens (tertiary/aromatic N) is 3. The van der Waals surface area contributed by atoms with Crippen LogP contribution in [0.25, 0.3) is 0 Å². The summed E-state index contributed by atoms with van der Waals surface area (Å²) in [5.41, 5.74) is 5.91. The van der Waals surface area contributed by atoms with E-state index in [2.05, 4.69) is 4.99 Å². The van der Waals surface area contributed by atoms with Gasteiger partial charge in [0.15, 0.2) is 5.70 Å². The number of hydrogen-bond acceptors (Lipinski definition) is 5. The van der Waals surface area contributed by atoms with Crippen LogP contribution in [0.15, 0.2) is 33.2 Å². The first-order valence-electron chi connectivity index (χ1n) is 3.64. The molecule has 4 nitrogen and oxygen atoms in total.